The minimum absolute atomic E-state index is 0.184. The van der Waals surface area contributed by atoms with E-state index < -0.39 is 0 Å². The first-order valence-corrected chi connectivity index (χ1v) is 5.94. The van der Waals surface area contributed by atoms with E-state index in [2.05, 4.69) is 46.5 Å². The predicted molar refractivity (Wildman–Crippen MR) is 68.6 cm³/mol. The largest absolute Gasteiger partial charge is 0.307 e. The minimum Gasteiger partial charge on any atom is -0.307 e. The zero-order chi connectivity index (χ0) is 11.9. The molecular weight excluding hydrogens is 210 g/mol. The normalized spacial score (nSPS) is 12.3. The van der Waals surface area contributed by atoms with Gasteiger partial charge in [0, 0.05) is 12.4 Å². The van der Waals surface area contributed by atoms with Gasteiger partial charge in [0.15, 0.2) is 0 Å². The van der Waals surface area contributed by atoms with Crippen molar-refractivity contribution in [2.75, 3.05) is 6.54 Å². The number of likely N-dealkylation sites (N-methyl/N-ethyl adjacent to an activating group) is 1. The van der Waals surface area contributed by atoms with Crippen LogP contribution in [0.4, 0.5) is 0 Å². The predicted octanol–water partition coefficient (Wildman–Crippen LogP) is 2.37. The highest BCUT2D eigenvalue weighted by Crippen LogP contribution is 2.14. The van der Waals surface area contributed by atoms with Crippen LogP contribution in [0, 0.1) is 0 Å². The van der Waals surface area contributed by atoms with Crippen molar-refractivity contribution in [3.05, 3.63) is 60.2 Å². The summed E-state index contributed by atoms with van der Waals surface area (Å²) in [4.78, 5) is 8.64. The number of aromatic nitrogens is 2. The molecule has 1 heterocycles. The number of hydrogen-bond donors (Lipinski definition) is 1. The van der Waals surface area contributed by atoms with Gasteiger partial charge in [-0.3, -0.25) is 0 Å². The van der Waals surface area contributed by atoms with Crippen LogP contribution in [0.1, 0.15) is 24.4 Å². The van der Waals surface area contributed by atoms with Crippen LogP contribution in [-0.2, 0) is 6.42 Å². The van der Waals surface area contributed by atoms with Crippen LogP contribution in [0.3, 0.4) is 0 Å². The van der Waals surface area contributed by atoms with Crippen molar-refractivity contribution in [2.45, 2.75) is 19.4 Å². The molecule has 0 radical (unpaired) electrons. The molecule has 3 heteroatoms. The molecule has 0 saturated carbocycles. The van der Waals surface area contributed by atoms with Crippen molar-refractivity contribution >= 4 is 0 Å². The van der Waals surface area contributed by atoms with Crippen LogP contribution in [0.25, 0.3) is 0 Å². The zero-order valence-electron chi connectivity index (χ0n) is 10.0. The molecule has 17 heavy (non-hydrogen) atoms. The Morgan fingerprint density at radius 1 is 1.06 bits per heavy atom. The van der Waals surface area contributed by atoms with E-state index in [1.165, 1.54) is 5.56 Å². The maximum Gasteiger partial charge on any atom is 0.145 e. The molecule has 1 N–H and O–H groups in total. The molecule has 2 rings (SSSR count). The van der Waals surface area contributed by atoms with Gasteiger partial charge in [-0.1, -0.05) is 37.3 Å². The number of rotatable bonds is 5. The lowest BCUT2D eigenvalue weighted by Gasteiger charge is -2.16. The molecular formula is C14H17N3. The van der Waals surface area contributed by atoms with Crippen molar-refractivity contribution in [3.63, 3.8) is 0 Å². The topological polar surface area (TPSA) is 37.8 Å². The Hall–Kier alpha value is -1.74. The molecule has 1 aromatic heterocycles. The summed E-state index contributed by atoms with van der Waals surface area (Å²) in [6, 6.07) is 12.4. The van der Waals surface area contributed by atoms with E-state index in [0.29, 0.717) is 0 Å². The third kappa shape index (κ3) is 3.36. The van der Waals surface area contributed by atoms with Crippen molar-refractivity contribution in [2.24, 2.45) is 0 Å². The maximum absolute atomic E-state index is 4.32. The first kappa shape index (κ1) is 11.7. The van der Waals surface area contributed by atoms with Crippen molar-refractivity contribution in [1.29, 1.82) is 0 Å². The highest BCUT2D eigenvalue weighted by atomic mass is 15.0. The molecule has 0 saturated heterocycles. The fourth-order valence-corrected chi connectivity index (χ4v) is 1.84. The van der Waals surface area contributed by atoms with Crippen LogP contribution in [0.15, 0.2) is 48.8 Å². The summed E-state index contributed by atoms with van der Waals surface area (Å²) in [5, 5.41) is 3.42. The average Bonchev–Trinajstić information content (AvgIpc) is 2.40. The lowest BCUT2D eigenvalue weighted by molar-refractivity contribution is 0.521. The first-order valence-electron chi connectivity index (χ1n) is 5.94. The number of hydrogen-bond acceptors (Lipinski definition) is 3. The third-order valence-corrected chi connectivity index (χ3v) is 2.63. The summed E-state index contributed by atoms with van der Waals surface area (Å²) in [6.07, 6.45) is 4.49. The lowest BCUT2D eigenvalue weighted by Crippen LogP contribution is -2.24. The number of benzene rings is 1. The Bertz CT molecular complexity index is 428. The monoisotopic (exact) mass is 227 g/mol. The van der Waals surface area contributed by atoms with E-state index in [9.17, 15) is 0 Å². The van der Waals surface area contributed by atoms with Crippen molar-refractivity contribution < 1.29 is 0 Å². The maximum atomic E-state index is 4.32. The summed E-state index contributed by atoms with van der Waals surface area (Å²) in [7, 11) is 0. The SMILES string of the molecule is CCNC(Cc1ccccc1)c1ncccn1. The molecule has 3 nitrogen and oxygen atoms in total. The molecule has 1 unspecified atom stereocenters. The van der Waals surface area contributed by atoms with Gasteiger partial charge in [0.25, 0.3) is 0 Å². The summed E-state index contributed by atoms with van der Waals surface area (Å²) < 4.78 is 0. The molecule has 1 atom stereocenters. The Morgan fingerprint density at radius 2 is 1.76 bits per heavy atom. The summed E-state index contributed by atoms with van der Waals surface area (Å²) in [5.74, 6) is 0.859. The van der Waals surface area contributed by atoms with Crippen LogP contribution in [0.5, 0.6) is 0 Å². The molecule has 0 spiro atoms. The molecule has 2 aromatic rings. The van der Waals surface area contributed by atoms with Gasteiger partial charge in [-0.05, 0) is 24.6 Å². The molecule has 0 fully saturated rings. The van der Waals surface area contributed by atoms with Crippen LogP contribution < -0.4 is 5.32 Å². The van der Waals surface area contributed by atoms with Crippen LogP contribution >= 0.6 is 0 Å². The fraction of sp³-hybridized carbons (Fsp3) is 0.286. The highest BCUT2D eigenvalue weighted by Gasteiger charge is 2.12. The third-order valence-electron chi connectivity index (χ3n) is 2.63. The van der Waals surface area contributed by atoms with Gasteiger partial charge in [-0.15, -0.1) is 0 Å². The van der Waals surface area contributed by atoms with Crippen LogP contribution in [-0.4, -0.2) is 16.5 Å². The quantitative estimate of drug-likeness (QED) is 0.852. The first-order chi connectivity index (χ1) is 8.40. The molecule has 0 bridgehead atoms. The van der Waals surface area contributed by atoms with Crippen molar-refractivity contribution in [3.8, 4) is 0 Å². The van der Waals surface area contributed by atoms with E-state index in [1.54, 1.807) is 12.4 Å². The Balaban J connectivity index is 2.13. The van der Waals surface area contributed by atoms with Gasteiger partial charge in [0.1, 0.15) is 5.82 Å². The Kier molecular flexibility index (Phi) is 4.22. The Morgan fingerprint density at radius 3 is 2.41 bits per heavy atom. The molecule has 0 aliphatic carbocycles. The zero-order valence-corrected chi connectivity index (χ0v) is 10.0. The minimum atomic E-state index is 0.184. The second kappa shape index (κ2) is 6.11. The van der Waals surface area contributed by atoms with Crippen molar-refractivity contribution in [1.82, 2.24) is 15.3 Å². The number of nitrogens with one attached hydrogen (secondary N) is 1. The molecule has 0 amide bonds. The molecule has 0 aliphatic rings. The average molecular weight is 227 g/mol. The summed E-state index contributed by atoms with van der Waals surface area (Å²) in [5.41, 5.74) is 1.30. The van der Waals surface area contributed by atoms with Gasteiger partial charge < -0.3 is 5.32 Å². The Labute approximate surface area is 102 Å². The smallest absolute Gasteiger partial charge is 0.145 e. The van der Waals surface area contributed by atoms with E-state index >= 15 is 0 Å². The van der Waals surface area contributed by atoms with E-state index in [-0.39, 0.29) is 6.04 Å². The fourth-order valence-electron chi connectivity index (χ4n) is 1.84. The summed E-state index contributed by atoms with van der Waals surface area (Å²) in [6.45, 7) is 3.01. The lowest BCUT2D eigenvalue weighted by atomic mass is 10.1. The second-order valence-corrected chi connectivity index (χ2v) is 3.91. The van der Waals surface area contributed by atoms with Gasteiger partial charge in [-0.2, -0.15) is 0 Å². The van der Waals surface area contributed by atoms with Gasteiger partial charge in [-0.25, -0.2) is 9.97 Å². The standard InChI is InChI=1S/C14H17N3/c1-2-15-13(14-16-9-6-10-17-14)11-12-7-4-3-5-8-12/h3-10,13,15H,2,11H2,1H3. The molecule has 88 valence electrons. The molecule has 1 aromatic carbocycles. The number of nitrogens with zero attached hydrogens (tertiary/aromatic N) is 2. The van der Waals surface area contributed by atoms with E-state index in [1.807, 2.05) is 12.1 Å². The van der Waals surface area contributed by atoms with Gasteiger partial charge in [0.05, 0.1) is 6.04 Å². The van der Waals surface area contributed by atoms with E-state index in [4.69, 9.17) is 0 Å². The van der Waals surface area contributed by atoms with Gasteiger partial charge >= 0.3 is 0 Å². The highest BCUT2D eigenvalue weighted by molar-refractivity contribution is 5.17. The summed E-state index contributed by atoms with van der Waals surface area (Å²) >= 11 is 0. The van der Waals surface area contributed by atoms with Crippen LogP contribution in [0.2, 0.25) is 0 Å². The molecule has 0 aliphatic heterocycles. The second-order valence-electron chi connectivity index (χ2n) is 3.91. The van der Waals surface area contributed by atoms with E-state index in [0.717, 1.165) is 18.8 Å². The van der Waals surface area contributed by atoms with Gasteiger partial charge in [0.2, 0.25) is 0 Å².